The van der Waals surface area contributed by atoms with E-state index in [1.54, 1.807) is 6.20 Å². The van der Waals surface area contributed by atoms with Crippen molar-refractivity contribution in [2.75, 3.05) is 10.6 Å². The summed E-state index contributed by atoms with van der Waals surface area (Å²) in [6, 6.07) is 11.6. The highest BCUT2D eigenvalue weighted by Crippen LogP contribution is 2.27. The molecule has 1 aromatic carbocycles. The quantitative estimate of drug-likeness (QED) is 0.867. The van der Waals surface area contributed by atoms with Crippen LogP contribution in [0.4, 0.5) is 17.2 Å². The van der Waals surface area contributed by atoms with Gasteiger partial charge in [-0.3, -0.25) is 4.79 Å². The molecule has 1 heterocycles. The van der Waals surface area contributed by atoms with Gasteiger partial charge in [-0.1, -0.05) is 28.4 Å². The summed E-state index contributed by atoms with van der Waals surface area (Å²) in [5.41, 5.74) is 1.70. The SMILES string of the molecule is O=C(Nc1ccc(Nc2cccc(Br)c2)nc1)C1CCC1. The third-order valence-electron chi connectivity index (χ3n) is 3.60. The summed E-state index contributed by atoms with van der Waals surface area (Å²) in [4.78, 5) is 16.2. The maximum absolute atomic E-state index is 11.8. The van der Waals surface area contributed by atoms with Crippen LogP contribution in [0.3, 0.4) is 0 Å². The number of benzene rings is 1. The predicted octanol–water partition coefficient (Wildman–Crippen LogP) is 4.33. The van der Waals surface area contributed by atoms with Crippen molar-refractivity contribution in [2.24, 2.45) is 5.92 Å². The van der Waals surface area contributed by atoms with Gasteiger partial charge in [0.05, 0.1) is 11.9 Å². The van der Waals surface area contributed by atoms with Crippen molar-refractivity contribution in [3.05, 3.63) is 47.1 Å². The number of hydrogen-bond acceptors (Lipinski definition) is 3. The van der Waals surface area contributed by atoms with Gasteiger partial charge in [0, 0.05) is 16.1 Å². The molecular weight excluding hydrogens is 330 g/mol. The highest BCUT2D eigenvalue weighted by Gasteiger charge is 2.25. The van der Waals surface area contributed by atoms with Crippen LogP contribution in [0.25, 0.3) is 0 Å². The zero-order valence-electron chi connectivity index (χ0n) is 11.5. The average molecular weight is 346 g/mol. The molecule has 0 aliphatic heterocycles. The third kappa shape index (κ3) is 3.61. The van der Waals surface area contributed by atoms with E-state index in [1.165, 1.54) is 0 Å². The minimum atomic E-state index is 0.107. The Labute approximate surface area is 132 Å². The second-order valence-electron chi connectivity index (χ2n) is 5.18. The minimum Gasteiger partial charge on any atom is -0.340 e. The summed E-state index contributed by atoms with van der Waals surface area (Å²) in [7, 11) is 0. The first-order valence-electron chi connectivity index (χ1n) is 7.00. The van der Waals surface area contributed by atoms with Gasteiger partial charge in [-0.2, -0.15) is 0 Å². The number of hydrogen-bond donors (Lipinski definition) is 2. The number of amides is 1. The molecule has 0 bridgehead atoms. The van der Waals surface area contributed by atoms with Gasteiger partial charge in [0.2, 0.25) is 5.91 Å². The minimum absolute atomic E-state index is 0.107. The summed E-state index contributed by atoms with van der Waals surface area (Å²) < 4.78 is 1.01. The van der Waals surface area contributed by atoms with Crippen molar-refractivity contribution < 1.29 is 4.79 Å². The van der Waals surface area contributed by atoms with Crippen LogP contribution in [0, 0.1) is 5.92 Å². The van der Waals surface area contributed by atoms with Crippen LogP contribution < -0.4 is 10.6 Å². The molecule has 21 heavy (non-hydrogen) atoms. The van der Waals surface area contributed by atoms with Crippen LogP contribution in [0.2, 0.25) is 0 Å². The van der Waals surface area contributed by atoms with E-state index >= 15 is 0 Å². The molecule has 1 aliphatic rings. The lowest BCUT2D eigenvalue weighted by molar-refractivity contribution is -0.122. The maximum atomic E-state index is 11.8. The fourth-order valence-electron chi connectivity index (χ4n) is 2.17. The number of carbonyl (C=O) groups excluding carboxylic acids is 1. The molecule has 1 amide bonds. The van der Waals surface area contributed by atoms with Crippen LogP contribution in [-0.4, -0.2) is 10.9 Å². The van der Waals surface area contributed by atoms with E-state index in [1.807, 2.05) is 36.4 Å². The van der Waals surface area contributed by atoms with Crippen molar-refractivity contribution in [1.82, 2.24) is 4.98 Å². The Balaban J connectivity index is 1.62. The second kappa shape index (κ2) is 6.26. The normalized spacial score (nSPS) is 14.3. The van der Waals surface area contributed by atoms with Crippen LogP contribution in [0.5, 0.6) is 0 Å². The number of nitrogens with one attached hydrogen (secondary N) is 2. The zero-order valence-corrected chi connectivity index (χ0v) is 13.1. The molecule has 2 N–H and O–H groups in total. The van der Waals surface area contributed by atoms with E-state index in [2.05, 4.69) is 31.5 Å². The first-order valence-corrected chi connectivity index (χ1v) is 7.79. The number of carbonyl (C=O) groups is 1. The molecule has 0 spiro atoms. The lowest BCUT2D eigenvalue weighted by Gasteiger charge is -2.23. The molecule has 3 rings (SSSR count). The van der Waals surface area contributed by atoms with E-state index in [0.29, 0.717) is 0 Å². The molecular formula is C16H16BrN3O. The molecule has 0 atom stereocenters. The van der Waals surface area contributed by atoms with Gasteiger partial charge in [-0.05, 0) is 43.2 Å². The topological polar surface area (TPSA) is 54.0 Å². The molecule has 108 valence electrons. The summed E-state index contributed by atoms with van der Waals surface area (Å²) in [6.45, 7) is 0. The number of pyridine rings is 1. The Morgan fingerprint density at radius 3 is 2.67 bits per heavy atom. The van der Waals surface area contributed by atoms with E-state index in [0.717, 1.165) is 40.9 Å². The van der Waals surface area contributed by atoms with Crippen molar-refractivity contribution in [3.8, 4) is 0 Å². The monoisotopic (exact) mass is 345 g/mol. The fraction of sp³-hybridized carbons (Fsp3) is 0.250. The second-order valence-corrected chi connectivity index (χ2v) is 6.10. The van der Waals surface area contributed by atoms with E-state index in [-0.39, 0.29) is 11.8 Å². The van der Waals surface area contributed by atoms with Crippen LogP contribution >= 0.6 is 15.9 Å². The average Bonchev–Trinajstić information content (AvgIpc) is 2.39. The van der Waals surface area contributed by atoms with Crippen LogP contribution in [-0.2, 0) is 4.79 Å². The number of nitrogens with zero attached hydrogens (tertiary/aromatic N) is 1. The molecule has 1 aliphatic carbocycles. The Morgan fingerprint density at radius 1 is 1.19 bits per heavy atom. The first-order chi connectivity index (χ1) is 10.2. The summed E-state index contributed by atoms with van der Waals surface area (Å²) in [6.07, 6.45) is 4.84. The molecule has 2 aromatic rings. The summed E-state index contributed by atoms with van der Waals surface area (Å²) in [5.74, 6) is 1.04. The Bertz CT molecular complexity index is 638. The standard InChI is InChI=1S/C16H16BrN3O/c17-12-5-2-6-13(9-12)19-15-8-7-14(10-18-15)20-16(21)11-3-1-4-11/h2,5-11H,1,3-4H2,(H,18,19)(H,20,21). The molecule has 0 unspecified atom stereocenters. The number of halogens is 1. The Kier molecular flexibility index (Phi) is 4.20. The maximum Gasteiger partial charge on any atom is 0.227 e. The molecule has 5 heteroatoms. The van der Waals surface area contributed by atoms with Gasteiger partial charge >= 0.3 is 0 Å². The number of aromatic nitrogens is 1. The molecule has 1 fully saturated rings. The van der Waals surface area contributed by atoms with E-state index in [9.17, 15) is 4.79 Å². The van der Waals surface area contributed by atoms with Gasteiger partial charge in [0.25, 0.3) is 0 Å². The Morgan fingerprint density at radius 2 is 2.05 bits per heavy atom. The smallest absolute Gasteiger partial charge is 0.227 e. The summed E-state index contributed by atoms with van der Waals surface area (Å²) >= 11 is 3.43. The van der Waals surface area contributed by atoms with Gasteiger partial charge in [0.1, 0.15) is 5.82 Å². The fourth-order valence-corrected chi connectivity index (χ4v) is 2.57. The van der Waals surface area contributed by atoms with E-state index < -0.39 is 0 Å². The lowest BCUT2D eigenvalue weighted by atomic mass is 9.85. The van der Waals surface area contributed by atoms with Crippen molar-refractivity contribution in [1.29, 1.82) is 0 Å². The van der Waals surface area contributed by atoms with Crippen molar-refractivity contribution in [2.45, 2.75) is 19.3 Å². The van der Waals surface area contributed by atoms with Gasteiger partial charge in [0.15, 0.2) is 0 Å². The third-order valence-corrected chi connectivity index (χ3v) is 4.10. The molecule has 1 saturated carbocycles. The molecule has 0 radical (unpaired) electrons. The molecule has 1 aromatic heterocycles. The first kappa shape index (κ1) is 14.1. The Hall–Kier alpha value is -1.88. The van der Waals surface area contributed by atoms with Crippen LogP contribution in [0.15, 0.2) is 47.1 Å². The highest BCUT2D eigenvalue weighted by molar-refractivity contribution is 9.10. The zero-order chi connectivity index (χ0) is 14.7. The number of rotatable bonds is 4. The molecule has 4 nitrogen and oxygen atoms in total. The van der Waals surface area contributed by atoms with Gasteiger partial charge in [-0.15, -0.1) is 0 Å². The van der Waals surface area contributed by atoms with Gasteiger partial charge < -0.3 is 10.6 Å². The van der Waals surface area contributed by atoms with E-state index in [4.69, 9.17) is 0 Å². The lowest BCUT2D eigenvalue weighted by Crippen LogP contribution is -2.28. The van der Waals surface area contributed by atoms with Crippen LogP contribution in [0.1, 0.15) is 19.3 Å². The van der Waals surface area contributed by atoms with Crippen molar-refractivity contribution in [3.63, 3.8) is 0 Å². The molecule has 0 saturated heterocycles. The van der Waals surface area contributed by atoms with Gasteiger partial charge in [-0.25, -0.2) is 4.98 Å². The largest absolute Gasteiger partial charge is 0.340 e. The number of anilines is 3. The summed E-state index contributed by atoms with van der Waals surface area (Å²) in [5, 5.41) is 6.12. The predicted molar refractivity (Wildman–Crippen MR) is 87.6 cm³/mol. The highest BCUT2D eigenvalue weighted by atomic mass is 79.9. The van der Waals surface area contributed by atoms with Crippen molar-refractivity contribution >= 4 is 39.0 Å².